The maximum atomic E-state index is 11.1. The number of aromatic carboxylic acids is 1. The third-order valence-corrected chi connectivity index (χ3v) is 2.49. The lowest BCUT2D eigenvalue weighted by molar-refractivity contribution is -0.385. The molecule has 0 bridgehead atoms. The van der Waals surface area contributed by atoms with Crippen molar-refractivity contribution in [2.24, 2.45) is 0 Å². The SMILES string of the molecule is C=CCCCOCc1cccc([N+](=O)[O-])c1C(=O)O. The van der Waals surface area contributed by atoms with Gasteiger partial charge in [0.2, 0.25) is 0 Å². The summed E-state index contributed by atoms with van der Waals surface area (Å²) in [5, 5.41) is 19.8. The molecule has 0 heterocycles. The Morgan fingerprint density at radius 3 is 2.84 bits per heavy atom. The molecule has 0 aliphatic rings. The topological polar surface area (TPSA) is 89.7 Å². The summed E-state index contributed by atoms with van der Waals surface area (Å²) in [6.07, 6.45) is 3.35. The number of benzene rings is 1. The van der Waals surface area contributed by atoms with Crippen LogP contribution in [0.15, 0.2) is 30.9 Å². The number of hydrogen-bond donors (Lipinski definition) is 1. The largest absolute Gasteiger partial charge is 0.477 e. The summed E-state index contributed by atoms with van der Waals surface area (Å²) < 4.78 is 5.31. The standard InChI is InChI=1S/C13H15NO5/c1-2-3-4-8-19-9-10-6-5-7-11(14(17)18)12(10)13(15)16/h2,5-7H,1,3-4,8-9H2,(H,15,16). The normalized spacial score (nSPS) is 10.1. The van der Waals surface area contributed by atoms with Gasteiger partial charge in [0.1, 0.15) is 5.56 Å². The number of carbonyl (C=O) groups is 1. The molecule has 0 aliphatic heterocycles. The summed E-state index contributed by atoms with van der Waals surface area (Å²) in [6, 6.07) is 4.14. The van der Waals surface area contributed by atoms with Gasteiger partial charge >= 0.3 is 5.97 Å². The smallest absolute Gasteiger partial charge is 0.343 e. The Balaban J connectivity index is 2.82. The van der Waals surface area contributed by atoms with Crippen molar-refractivity contribution in [3.8, 4) is 0 Å². The molecule has 0 aliphatic carbocycles. The number of nitro benzene ring substituents is 1. The van der Waals surface area contributed by atoms with Crippen molar-refractivity contribution in [3.05, 3.63) is 52.1 Å². The monoisotopic (exact) mass is 265 g/mol. The molecule has 1 rings (SSSR count). The highest BCUT2D eigenvalue weighted by atomic mass is 16.6. The van der Waals surface area contributed by atoms with Gasteiger partial charge in [-0.1, -0.05) is 18.2 Å². The Kier molecular flexibility index (Phi) is 5.69. The molecule has 1 aromatic carbocycles. The summed E-state index contributed by atoms with van der Waals surface area (Å²) in [4.78, 5) is 21.2. The maximum absolute atomic E-state index is 11.1. The Hall–Kier alpha value is -2.21. The fraction of sp³-hybridized carbons (Fsp3) is 0.308. The zero-order chi connectivity index (χ0) is 14.3. The molecule has 0 atom stereocenters. The van der Waals surface area contributed by atoms with Crippen molar-refractivity contribution in [2.75, 3.05) is 6.61 Å². The first-order chi connectivity index (χ1) is 9.07. The lowest BCUT2D eigenvalue weighted by Crippen LogP contribution is -2.08. The lowest BCUT2D eigenvalue weighted by Gasteiger charge is -2.07. The minimum Gasteiger partial charge on any atom is -0.477 e. The number of nitrogens with zero attached hydrogens (tertiary/aromatic N) is 1. The van der Waals surface area contributed by atoms with E-state index >= 15 is 0 Å². The van der Waals surface area contributed by atoms with E-state index in [2.05, 4.69) is 6.58 Å². The van der Waals surface area contributed by atoms with E-state index in [1.165, 1.54) is 18.2 Å². The fourth-order valence-corrected chi connectivity index (χ4v) is 1.62. The first-order valence-corrected chi connectivity index (χ1v) is 5.76. The highest BCUT2D eigenvalue weighted by molar-refractivity contribution is 5.94. The number of unbranched alkanes of at least 4 members (excludes halogenated alkanes) is 1. The number of nitro groups is 1. The molecule has 0 unspecified atom stereocenters. The average molecular weight is 265 g/mol. The second kappa shape index (κ2) is 7.27. The van der Waals surface area contributed by atoms with E-state index in [9.17, 15) is 14.9 Å². The second-order valence-electron chi connectivity index (χ2n) is 3.86. The van der Waals surface area contributed by atoms with Gasteiger partial charge in [0, 0.05) is 12.7 Å². The van der Waals surface area contributed by atoms with Crippen molar-refractivity contribution in [1.29, 1.82) is 0 Å². The van der Waals surface area contributed by atoms with Gasteiger partial charge in [0.25, 0.3) is 5.69 Å². The Morgan fingerprint density at radius 2 is 2.26 bits per heavy atom. The zero-order valence-corrected chi connectivity index (χ0v) is 10.4. The first-order valence-electron chi connectivity index (χ1n) is 5.76. The van der Waals surface area contributed by atoms with Crippen molar-refractivity contribution in [1.82, 2.24) is 0 Å². The lowest BCUT2D eigenvalue weighted by atomic mass is 10.1. The van der Waals surface area contributed by atoms with Gasteiger partial charge < -0.3 is 9.84 Å². The number of allylic oxidation sites excluding steroid dienone is 1. The molecule has 19 heavy (non-hydrogen) atoms. The Labute approximate surface area is 110 Å². The quantitative estimate of drug-likeness (QED) is 0.338. The van der Waals surface area contributed by atoms with Gasteiger partial charge in [-0.2, -0.15) is 0 Å². The van der Waals surface area contributed by atoms with Gasteiger partial charge in [-0.15, -0.1) is 6.58 Å². The van der Waals surface area contributed by atoms with Crippen molar-refractivity contribution in [3.63, 3.8) is 0 Å². The summed E-state index contributed by atoms with van der Waals surface area (Å²) in [7, 11) is 0. The van der Waals surface area contributed by atoms with E-state index in [1.807, 2.05) is 0 Å². The van der Waals surface area contributed by atoms with Crippen molar-refractivity contribution >= 4 is 11.7 Å². The molecule has 0 spiro atoms. The molecule has 1 N–H and O–H groups in total. The average Bonchev–Trinajstić information content (AvgIpc) is 2.37. The van der Waals surface area contributed by atoms with Crippen LogP contribution in [0, 0.1) is 10.1 Å². The number of ether oxygens (including phenoxy) is 1. The minimum atomic E-state index is -1.32. The molecule has 1 aromatic rings. The minimum absolute atomic E-state index is 0.0421. The third kappa shape index (κ3) is 4.18. The number of rotatable bonds is 8. The van der Waals surface area contributed by atoms with Gasteiger partial charge in [-0.05, 0) is 18.4 Å². The summed E-state index contributed by atoms with van der Waals surface area (Å²) >= 11 is 0. The molecule has 0 saturated carbocycles. The van der Waals surface area contributed by atoms with E-state index in [0.717, 1.165) is 12.8 Å². The molecule has 6 heteroatoms. The fourth-order valence-electron chi connectivity index (χ4n) is 1.62. The maximum Gasteiger partial charge on any atom is 0.343 e. The van der Waals surface area contributed by atoms with Crippen LogP contribution in [0.5, 0.6) is 0 Å². The van der Waals surface area contributed by atoms with Crippen LogP contribution in [0.2, 0.25) is 0 Å². The molecule has 0 saturated heterocycles. The van der Waals surface area contributed by atoms with Crippen molar-refractivity contribution < 1.29 is 19.6 Å². The van der Waals surface area contributed by atoms with Gasteiger partial charge in [-0.25, -0.2) is 4.79 Å². The van der Waals surface area contributed by atoms with Crippen LogP contribution in [0.3, 0.4) is 0 Å². The Bertz CT molecular complexity index is 484. The van der Waals surface area contributed by atoms with E-state index < -0.39 is 16.6 Å². The van der Waals surface area contributed by atoms with E-state index in [0.29, 0.717) is 12.2 Å². The van der Waals surface area contributed by atoms with E-state index in [-0.39, 0.29) is 12.2 Å². The highest BCUT2D eigenvalue weighted by Crippen LogP contribution is 2.23. The van der Waals surface area contributed by atoms with E-state index in [1.54, 1.807) is 6.08 Å². The number of carboxylic acids is 1. The molecule has 0 aromatic heterocycles. The second-order valence-corrected chi connectivity index (χ2v) is 3.86. The molecule has 6 nitrogen and oxygen atoms in total. The van der Waals surface area contributed by atoms with Gasteiger partial charge in [-0.3, -0.25) is 10.1 Å². The van der Waals surface area contributed by atoms with Crippen molar-refractivity contribution in [2.45, 2.75) is 19.4 Å². The highest BCUT2D eigenvalue weighted by Gasteiger charge is 2.23. The zero-order valence-electron chi connectivity index (χ0n) is 10.4. The van der Waals surface area contributed by atoms with E-state index in [4.69, 9.17) is 9.84 Å². The summed E-state index contributed by atoms with van der Waals surface area (Å²) in [5.74, 6) is -1.32. The Morgan fingerprint density at radius 1 is 1.53 bits per heavy atom. The predicted molar refractivity (Wildman–Crippen MR) is 69.1 cm³/mol. The van der Waals surface area contributed by atoms with Gasteiger partial charge in [0.15, 0.2) is 0 Å². The molecular weight excluding hydrogens is 250 g/mol. The first kappa shape index (κ1) is 14.8. The van der Waals surface area contributed by atoms with Crippen LogP contribution in [0.4, 0.5) is 5.69 Å². The van der Waals surface area contributed by atoms with Crippen LogP contribution in [-0.4, -0.2) is 22.6 Å². The molecule has 0 radical (unpaired) electrons. The van der Waals surface area contributed by atoms with Gasteiger partial charge in [0.05, 0.1) is 11.5 Å². The van der Waals surface area contributed by atoms with Crippen LogP contribution >= 0.6 is 0 Å². The summed E-state index contributed by atoms with van der Waals surface area (Å²) in [6.45, 7) is 4.07. The third-order valence-electron chi connectivity index (χ3n) is 2.49. The molecule has 0 amide bonds. The van der Waals surface area contributed by atoms with Crippen LogP contribution in [-0.2, 0) is 11.3 Å². The number of carboxylic acid groups (broad SMARTS) is 1. The molecular formula is C13H15NO5. The number of hydrogen-bond acceptors (Lipinski definition) is 4. The van der Waals surface area contributed by atoms with Crippen LogP contribution in [0.1, 0.15) is 28.8 Å². The summed E-state index contributed by atoms with van der Waals surface area (Å²) in [5.41, 5.74) is -0.420. The predicted octanol–water partition coefficient (Wildman–Crippen LogP) is 2.78. The van der Waals surface area contributed by atoms with Crippen LogP contribution in [0.25, 0.3) is 0 Å². The van der Waals surface area contributed by atoms with Crippen LogP contribution < -0.4 is 0 Å². The molecule has 0 fully saturated rings. The molecule has 102 valence electrons.